The molecular weight excluding hydrogens is 88.1 g/mol. The highest BCUT2D eigenvalue weighted by Gasteiger charge is 2.23. The minimum absolute atomic E-state index is 0.435. The molecule has 0 amide bonds. The van der Waals surface area contributed by atoms with Crippen molar-refractivity contribution in [3.05, 3.63) is 0 Å². The van der Waals surface area contributed by atoms with E-state index in [2.05, 4.69) is 12.2 Å². The lowest BCUT2D eigenvalue weighted by Crippen LogP contribution is -2.61. The maximum atomic E-state index is 5.57. The van der Waals surface area contributed by atoms with Gasteiger partial charge in [-0.05, 0) is 6.42 Å². The Labute approximate surface area is 44.1 Å². The summed E-state index contributed by atoms with van der Waals surface area (Å²) in [6.45, 7) is 3.16. The number of nitrogens with one attached hydrogen (secondary N) is 1. The molecule has 1 heterocycles. The molecule has 0 unspecified atom stereocenters. The molecule has 0 saturated carbocycles. The third-order valence-electron chi connectivity index (χ3n) is 1.57. The largest absolute Gasteiger partial charge is 0.325 e. The van der Waals surface area contributed by atoms with E-state index >= 15 is 0 Å². The fourth-order valence-corrected chi connectivity index (χ4v) is 0.868. The van der Waals surface area contributed by atoms with Crippen LogP contribution in [0.15, 0.2) is 0 Å². The highest BCUT2D eigenvalue weighted by atomic mass is 15.1. The van der Waals surface area contributed by atoms with E-state index in [4.69, 9.17) is 5.73 Å². The minimum atomic E-state index is 0.435. The van der Waals surface area contributed by atoms with Crippen molar-refractivity contribution >= 4 is 0 Å². The SMILES string of the molecule is CC[C@H]1NC[C@H]1N. The van der Waals surface area contributed by atoms with E-state index in [0.717, 1.165) is 6.54 Å². The van der Waals surface area contributed by atoms with Gasteiger partial charge >= 0.3 is 0 Å². The van der Waals surface area contributed by atoms with E-state index in [-0.39, 0.29) is 0 Å². The molecule has 0 bridgehead atoms. The molecule has 1 rings (SSSR count). The summed E-state index contributed by atoms with van der Waals surface area (Å²) in [5, 5.41) is 3.22. The predicted molar refractivity (Wildman–Crippen MR) is 30.1 cm³/mol. The van der Waals surface area contributed by atoms with Crippen LogP contribution in [-0.4, -0.2) is 18.6 Å². The second kappa shape index (κ2) is 1.80. The second-order valence-corrected chi connectivity index (χ2v) is 2.09. The zero-order valence-corrected chi connectivity index (χ0v) is 4.65. The number of hydrogen-bond donors (Lipinski definition) is 2. The molecule has 0 aromatic rings. The van der Waals surface area contributed by atoms with Crippen LogP contribution in [0.2, 0.25) is 0 Å². The van der Waals surface area contributed by atoms with Crippen molar-refractivity contribution in [2.45, 2.75) is 25.4 Å². The zero-order valence-electron chi connectivity index (χ0n) is 4.65. The van der Waals surface area contributed by atoms with Gasteiger partial charge < -0.3 is 11.1 Å². The molecule has 0 aromatic heterocycles. The second-order valence-electron chi connectivity index (χ2n) is 2.09. The van der Waals surface area contributed by atoms with Crippen molar-refractivity contribution in [2.75, 3.05) is 6.54 Å². The van der Waals surface area contributed by atoms with Crippen molar-refractivity contribution in [1.29, 1.82) is 0 Å². The molecule has 2 nitrogen and oxygen atoms in total. The Balaban J connectivity index is 2.16. The van der Waals surface area contributed by atoms with Gasteiger partial charge in [0.25, 0.3) is 0 Å². The van der Waals surface area contributed by atoms with Crippen LogP contribution in [0.4, 0.5) is 0 Å². The fourth-order valence-electron chi connectivity index (χ4n) is 0.868. The van der Waals surface area contributed by atoms with E-state index in [1.807, 2.05) is 0 Å². The molecule has 2 heteroatoms. The van der Waals surface area contributed by atoms with Crippen LogP contribution in [0.3, 0.4) is 0 Å². The zero-order chi connectivity index (χ0) is 5.28. The Morgan fingerprint density at radius 1 is 1.86 bits per heavy atom. The highest BCUT2D eigenvalue weighted by Crippen LogP contribution is 2.03. The van der Waals surface area contributed by atoms with E-state index in [9.17, 15) is 0 Å². The Morgan fingerprint density at radius 2 is 2.57 bits per heavy atom. The summed E-state index contributed by atoms with van der Waals surface area (Å²) < 4.78 is 0. The average Bonchev–Trinajstić information content (AvgIpc) is 1.65. The smallest absolute Gasteiger partial charge is 0.0321 e. The molecule has 7 heavy (non-hydrogen) atoms. The molecule has 1 saturated heterocycles. The van der Waals surface area contributed by atoms with Crippen LogP contribution >= 0.6 is 0 Å². The lowest BCUT2D eigenvalue weighted by Gasteiger charge is -2.34. The molecule has 42 valence electrons. The summed E-state index contributed by atoms with van der Waals surface area (Å²) in [5.74, 6) is 0. The number of rotatable bonds is 1. The maximum absolute atomic E-state index is 5.57. The molecule has 1 aliphatic heterocycles. The Kier molecular flexibility index (Phi) is 1.30. The van der Waals surface area contributed by atoms with E-state index in [1.165, 1.54) is 6.42 Å². The Bertz CT molecular complexity index is 61.1. The van der Waals surface area contributed by atoms with Gasteiger partial charge in [0.15, 0.2) is 0 Å². The number of hydrogen-bond acceptors (Lipinski definition) is 2. The summed E-state index contributed by atoms with van der Waals surface area (Å²) in [6, 6.07) is 1.05. The maximum Gasteiger partial charge on any atom is 0.0321 e. The first-order chi connectivity index (χ1) is 3.34. The van der Waals surface area contributed by atoms with Crippen LogP contribution in [0.1, 0.15) is 13.3 Å². The molecular formula is C5H12N2. The molecule has 0 spiro atoms. The van der Waals surface area contributed by atoms with Gasteiger partial charge in [-0.2, -0.15) is 0 Å². The highest BCUT2D eigenvalue weighted by molar-refractivity contribution is 4.89. The van der Waals surface area contributed by atoms with Gasteiger partial charge in [0, 0.05) is 18.6 Å². The molecule has 2 atom stereocenters. The van der Waals surface area contributed by atoms with Crippen LogP contribution in [-0.2, 0) is 0 Å². The Morgan fingerprint density at radius 3 is 2.57 bits per heavy atom. The van der Waals surface area contributed by atoms with Crippen molar-refractivity contribution in [3.8, 4) is 0 Å². The first-order valence-electron chi connectivity index (χ1n) is 2.83. The van der Waals surface area contributed by atoms with Crippen molar-refractivity contribution in [2.24, 2.45) is 5.73 Å². The molecule has 1 fully saturated rings. The quantitative estimate of drug-likeness (QED) is 0.474. The fraction of sp³-hybridized carbons (Fsp3) is 1.00. The van der Waals surface area contributed by atoms with Gasteiger partial charge in [0.1, 0.15) is 0 Å². The monoisotopic (exact) mass is 100 g/mol. The van der Waals surface area contributed by atoms with Gasteiger partial charge in [-0.3, -0.25) is 0 Å². The summed E-state index contributed by atoms with van der Waals surface area (Å²) in [6.07, 6.45) is 1.17. The van der Waals surface area contributed by atoms with Crippen molar-refractivity contribution < 1.29 is 0 Å². The molecule has 0 radical (unpaired) electrons. The summed E-state index contributed by atoms with van der Waals surface area (Å²) in [5.41, 5.74) is 5.57. The summed E-state index contributed by atoms with van der Waals surface area (Å²) in [4.78, 5) is 0. The molecule has 1 aliphatic rings. The first kappa shape index (κ1) is 5.06. The third kappa shape index (κ3) is 0.763. The Hall–Kier alpha value is -0.0800. The normalized spacial score (nSPS) is 40.3. The van der Waals surface area contributed by atoms with E-state index in [1.54, 1.807) is 0 Å². The lowest BCUT2D eigenvalue weighted by atomic mass is 9.99. The van der Waals surface area contributed by atoms with Gasteiger partial charge in [-0.15, -0.1) is 0 Å². The molecule has 0 aliphatic carbocycles. The van der Waals surface area contributed by atoms with Gasteiger partial charge in [0.05, 0.1) is 0 Å². The van der Waals surface area contributed by atoms with Crippen molar-refractivity contribution in [1.82, 2.24) is 5.32 Å². The predicted octanol–water partition coefficient (Wildman–Crippen LogP) is -0.305. The van der Waals surface area contributed by atoms with Crippen molar-refractivity contribution in [3.63, 3.8) is 0 Å². The van der Waals surface area contributed by atoms with Gasteiger partial charge in [-0.1, -0.05) is 6.92 Å². The van der Waals surface area contributed by atoms with Crippen LogP contribution < -0.4 is 11.1 Å². The first-order valence-corrected chi connectivity index (χ1v) is 2.83. The molecule has 3 N–H and O–H groups in total. The minimum Gasteiger partial charge on any atom is -0.325 e. The number of nitrogens with two attached hydrogens (primary N) is 1. The van der Waals surface area contributed by atoms with Crippen LogP contribution in [0.25, 0.3) is 0 Å². The standard InChI is InChI=1S/C5H12N2/c1-2-5-4(6)3-7-5/h4-5,7H,2-3,6H2,1H3/t4-,5-/m1/s1. The summed E-state index contributed by atoms with van der Waals surface area (Å²) in [7, 11) is 0. The summed E-state index contributed by atoms with van der Waals surface area (Å²) >= 11 is 0. The lowest BCUT2D eigenvalue weighted by molar-refractivity contribution is 0.304. The van der Waals surface area contributed by atoms with Gasteiger partial charge in [0.2, 0.25) is 0 Å². The topological polar surface area (TPSA) is 38.0 Å². The average molecular weight is 100 g/mol. The van der Waals surface area contributed by atoms with Gasteiger partial charge in [-0.25, -0.2) is 0 Å². The van der Waals surface area contributed by atoms with E-state index < -0.39 is 0 Å². The molecule has 0 aromatic carbocycles. The van der Waals surface area contributed by atoms with Crippen LogP contribution in [0, 0.1) is 0 Å². The third-order valence-corrected chi connectivity index (χ3v) is 1.57. The van der Waals surface area contributed by atoms with E-state index in [0.29, 0.717) is 12.1 Å². The van der Waals surface area contributed by atoms with Crippen LogP contribution in [0.5, 0.6) is 0 Å².